The highest BCUT2D eigenvalue weighted by atomic mass is 32.1. The first-order chi connectivity index (χ1) is 17.5. The minimum absolute atomic E-state index is 0.00907. The molecule has 188 valence electrons. The van der Waals surface area contributed by atoms with Crippen molar-refractivity contribution < 1.29 is 29.4 Å². The Labute approximate surface area is 217 Å². The molecular formula is C27H23N3O6S. The van der Waals surface area contributed by atoms with Gasteiger partial charge in [-0.15, -0.1) is 0 Å². The molecule has 0 spiro atoms. The third kappa shape index (κ3) is 4.66. The predicted octanol–water partition coefficient (Wildman–Crippen LogP) is 3.88. The summed E-state index contributed by atoms with van der Waals surface area (Å²) in [4.78, 5) is 50.8. The van der Waals surface area contributed by atoms with Crippen LogP contribution in [0.2, 0.25) is 0 Å². The number of para-hydroxylation sites is 1. The first-order valence-corrected chi connectivity index (χ1v) is 11.7. The third-order valence-electron chi connectivity index (χ3n) is 6.16. The minimum atomic E-state index is -1.26. The van der Waals surface area contributed by atoms with Crippen LogP contribution in [-0.2, 0) is 16.0 Å². The maximum absolute atomic E-state index is 13.5. The van der Waals surface area contributed by atoms with Crippen LogP contribution in [-0.4, -0.2) is 43.6 Å². The summed E-state index contributed by atoms with van der Waals surface area (Å²) in [7, 11) is 0. The summed E-state index contributed by atoms with van der Waals surface area (Å²) >= 11 is 5.32. The van der Waals surface area contributed by atoms with Gasteiger partial charge in [0.25, 0.3) is 11.8 Å². The molecule has 0 bridgehead atoms. The molecule has 4 rings (SSSR count). The predicted molar refractivity (Wildman–Crippen MR) is 141 cm³/mol. The molecule has 2 amide bonds. The first-order valence-electron chi connectivity index (χ1n) is 11.3. The summed E-state index contributed by atoms with van der Waals surface area (Å²) in [6, 6.07) is 12.8. The third-order valence-corrected chi connectivity index (χ3v) is 6.44. The Morgan fingerprint density at radius 2 is 1.62 bits per heavy atom. The molecule has 2 aromatic carbocycles. The molecule has 3 aromatic rings. The van der Waals surface area contributed by atoms with E-state index in [-0.39, 0.29) is 21.8 Å². The number of carbonyl (C=O) groups is 4. The minimum Gasteiger partial charge on any atom is -0.478 e. The molecule has 0 aliphatic carbocycles. The molecule has 1 aromatic heterocycles. The van der Waals surface area contributed by atoms with Crippen LogP contribution in [0, 0.1) is 13.8 Å². The van der Waals surface area contributed by atoms with Crippen molar-refractivity contribution in [3.8, 4) is 5.69 Å². The Kier molecular flexibility index (Phi) is 6.78. The number of nitrogens with zero attached hydrogens (tertiary/aromatic N) is 2. The molecule has 0 radical (unpaired) electrons. The lowest BCUT2D eigenvalue weighted by atomic mass is 10.0. The van der Waals surface area contributed by atoms with Crippen LogP contribution >= 0.6 is 12.2 Å². The van der Waals surface area contributed by atoms with Crippen LogP contribution in [0.3, 0.4) is 0 Å². The van der Waals surface area contributed by atoms with E-state index in [9.17, 15) is 29.4 Å². The number of aromatic carboxylic acids is 2. The van der Waals surface area contributed by atoms with Crippen molar-refractivity contribution >= 4 is 52.8 Å². The van der Waals surface area contributed by atoms with Crippen LogP contribution < -0.4 is 10.2 Å². The second kappa shape index (κ2) is 9.82. The maximum Gasteiger partial charge on any atom is 0.335 e. The van der Waals surface area contributed by atoms with E-state index < -0.39 is 23.8 Å². The second-order valence-electron chi connectivity index (χ2n) is 8.48. The topological polar surface area (TPSA) is 129 Å². The van der Waals surface area contributed by atoms with E-state index in [4.69, 9.17) is 12.2 Å². The van der Waals surface area contributed by atoms with Gasteiger partial charge in [-0.25, -0.2) is 9.59 Å². The fraction of sp³-hybridized carbons (Fsp3) is 0.148. The van der Waals surface area contributed by atoms with Gasteiger partial charge in [0.1, 0.15) is 5.57 Å². The number of carbonyl (C=O) groups excluding carboxylic acids is 2. The van der Waals surface area contributed by atoms with E-state index in [0.29, 0.717) is 34.7 Å². The van der Waals surface area contributed by atoms with Gasteiger partial charge in [-0.3, -0.25) is 19.8 Å². The van der Waals surface area contributed by atoms with Crippen molar-refractivity contribution in [1.82, 2.24) is 9.88 Å². The van der Waals surface area contributed by atoms with Crippen molar-refractivity contribution in [2.45, 2.75) is 27.2 Å². The maximum atomic E-state index is 13.5. The van der Waals surface area contributed by atoms with Crippen molar-refractivity contribution in [2.75, 3.05) is 4.90 Å². The number of aromatic nitrogens is 1. The smallest absolute Gasteiger partial charge is 0.335 e. The summed E-state index contributed by atoms with van der Waals surface area (Å²) in [5, 5.41) is 21.5. The molecule has 3 N–H and O–H groups in total. The van der Waals surface area contributed by atoms with E-state index in [1.54, 1.807) is 36.6 Å². The van der Waals surface area contributed by atoms with Gasteiger partial charge >= 0.3 is 11.9 Å². The number of aryl methyl sites for hydroxylation is 2. The number of thiocarbonyl (C=S) groups is 1. The molecule has 2 heterocycles. The number of carboxylic acid groups (broad SMARTS) is 2. The number of anilines is 1. The highest BCUT2D eigenvalue weighted by Gasteiger charge is 2.35. The van der Waals surface area contributed by atoms with Gasteiger partial charge in [0.05, 0.1) is 16.8 Å². The number of benzene rings is 2. The molecule has 0 unspecified atom stereocenters. The summed E-state index contributed by atoms with van der Waals surface area (Å²) in [5.41, 5.74) is 3.09. The largest absolute Gasteiger partial charge is 0.478 e. The van der Waals surface area contributed by atoms with E-state index in [2.05, 4.69) is 5.32 Å². The molecule has 9 nitrogen and oxygen atoms in total. The number of hydrogen-bond acceptors (Lipinski definition) is 5. The summed E-state index contributed by atoms with van der Waals surface area (Å²) in [6.45, 7) is 5.44. The highest BCUT2D eigenvalue weighted by molar-refractivity contribution is 7.80. The molecule has 1 saturated heterocycles. The lowest BCUT2D eigenvalue weighted by molar-refractivity contribution is -0.122. The average Bonchev–Trinajstić information content (AvgIpc) is 3.13. The SMILES string of the molecule is CCc1ccccc1N1C(=O)/C(=C/c2cc(C)n(-c3cc(C(=O)O)cc(C(=O)O)c3)c2C)C(=O)NC1=S. The van der Waals surface area contributed by atoms with Crippen molar-refractivity contribution in [1.29, 1.82) is 0 Å². The van der Waals surface area contributed by atoms with Gasteiger partial charge in [-0.1, -0.05) is 25.1 Å². The Morgan fingerprint density at radius 3 is 2.22 bits per heavy atom. The quantitative estimate of drug-likeness (QED) is 0.257. The number of nitrogens with one attached hydrogen (secondary N) is 1. The lowest BCUT2D eigenvalue weighted by Crippen LogP contribution is -2.54. The van der Waals surface area contributed by atoms with Gasteiger partial charge in [0, 0.05) is 17.1 Å². The molecule has 1 fully saturated rings. The van der Waals surface area contributed by atoms with Crippen molar-refractivity contribution in [2.24, 2.45) is 0 Å². The molecule has 1 aliphatic rings. The zero-order valence-electron chi connectivity index (χ0n) is 20.2. The van der Waals surface area contributed by atoms with Crippen LogP contribution in [0.15, 0.2) is 54.1 Å². The summed E-state index contributed by atoms with van der Waals surface area (Å²) in [6.07, 6.45) is 2.11. The van der Waals surface area contributed by atoms with Gasteiger partial charge in [0.2, 0.25) is 0 Å². The van der Waals surface area contributed by atoms with Crippen molar-refractivity contribution in [3.63, 3.8) is 0 Å². The van der Waals surface area contributed by atoms with E-state index >= 15 is 0 Å². The molecule has 10 heteroatoms. The van der Waals surface area contributed by atoms with E-state index in [1.165, 1.54) is 23.1 Å². The molecule has 1 aliphatic heterocycles. The Bertz CT molecular complexity index is 1500. The van der Waals surface area contributed by atoms with Gasteiger partial charge in [0.15, 0.2) is 5.11 Å². The first kappa shape index (κ1) is 25.5. The Hall–Kier alpha value is -4.57. The van der Waals surface area contributed by atoms with Gasteiger partial charge in [-0.2, -0.15) is 0 Å². The number of rotatable bonds is 6. The molecule has 0 atom stereocenters. The zero-order valence-corrected chi connectivity index (χ0v) is 21.0. The lowest BCUT2D eigenvalue weighted by Gasteiger charge is -2.30. The van der Waals surface area contributed by atoms with Crippen LogP contribution in [0.25, 0.3) is 11.8 Å². The summed E-state index contributed by atoms with van der Waals surface area (Å²) < 4.78 is 1.67. The van der Waals surface area contributed by atoms with Crippen LogP contribution in [0.5, 0.6) is 0 Å². The molecular weight excluding hydrogens is 494 g/mol. The standard InChI is InChI=1S/C27H23N3O6S/c1-4-16-7-5-6-8-22(16)30-24(32)21(23(31)28-27(30)37)13-17-9-14(2)29(15(17)3)20-11-18(25(33)34)10-19(12-20)26(35)36/h5-13H,4H2,1-3H3,(H,33,34)(H,35,36)(H,28,31,37)/b21-13+. The Morgan fingerprint density at radius 1 is 1.00 bits per heavy atom. The van der Waals surface area contributed by atoms with Crippen molar-refractivity contribution in [3.05, 3.63) is 87.7 Å². The summed E-state index contributed by atoms with van der Waals surface area (Å²) in [5.74, 6) is -3.73. The monoisotopic (exact) mass is 517 g/mol. The fourth-order valence-electron chi connectivity index (χ4n) is 4.38. The number of amides is 2. The van der Waals surface area contributed by atoms with E-state index in [0.717, 1.165) is 11.6 Å². The van der Waals surface area contributed by atoms with Gasteiger partial charge < -0.3 is 14.8 Å². The fourth-order valence-corrected chi connectivity index (χ4v) is 4.65. The Balaban J connectivity index is 1.82. The normalized spacial score (nSPS) is 14.7. The van der Waals surface area contributed by atoms with E-state index in [1.807, 2.05) is 19.1 Å². The molecule has 0 saturated carbocycles. The molecule has 37 heavy (non-hydrogen) atoms. The average molecular weight is 518 g/mol. The van der Waals surface area contributed by atoms with Crippen LogP contribution in [0.4, 0.5) is 5.69 Å². The number of carboxylic acids is 2. The van der Waals surface area contributed by atoms with Crippen LogP contribution in [0.1, 0.15) is 50.2 Å². The second-order valence-corrected chi connectivity index (χ2v) is 8.87. The number of hydrogen-bond donors (Lipinski definition) is 3. The zero-order chi connectivity index (χ0) is 27.0. The highest BCUT2D eigenvalue weighted by Crippen LogP contribution is 2.28. The van der Waals surface area contributed by atoms with Gasteiger partial charge in [-0.05, 0) is 80.0 Å².